The summed E-state index contributed by atoms with van der Waals surface area (Å²) in [6, 6.07) is 3.53. The number of hydrogen-bond acceptors (Lipinski definition) is 4. The first-order chi connectivity index (χ1) is 11.0. The number of rotatable bonds is 5. The van der Waals surface area contributed by atoms with E-state index in [0.29, 0.717) is 36.8 Å². The minimum atomic E-state index is -0.0203. The van der Waals surface area contributed by atoms with E-state index in [1.807, 2.05) is 25.7 Å². The standard InChI is InChI=1S/C17H24BrNO4/c1-5-6-22-16-14(18)7-13(8-15(16)21-4)17(20)19-9-11(2)23-12(3)10-19/h7-8,11-12H,5-6,9-10H2,1-4H3. The van der Waals surface area contributed by atoms with Crippen molar-refractivity contribution in [3.8, 4) is 11.5 Å². The van der Waals surface area contributed by atoms with Gasteiger partial charge in [0.1, 0.15) is 0 Å². The predicted octanol–water partition coefficient (Wildman–Crippen LogP) is 3.50. The quantitative estimate of drug-likeness (QED) is 0.777. The van der Waals surface area contributed by atoms with Gasteiger partial charge in [-0.25, -0.2) is 0 Å². The highest BCUT2D eigenvalue weighted by molar-refractivity contribution is 9.10. The zero-order valence-electron chi connectivity index (χ0n) is 14.1. The van der Waals surface area contributed by atoms with Crippen LogP contribution in [0.5, 0.6) is 11.5 Å². The molecule has 128 valence electrons. The van der Waals surface area contributed by atoms with E-state index in [2.05, 4.69) is 15.9 Å². The molecule has 6 heteroatoms. The van der Waals surface area contributed by atoms with Crippen molar-refractivity contribution in [3.63, 3.8) is 0 Å². The van der Waals surface area contributed by atoms with E-state index in [1.165, 1.54) is 0 Å². The van der Waals surface area contributed by atoms with Crippen LogP contribution in [0.3, 0.4) is 0 Å². The lowest BCUT2D eigenvalue weighted by molar-refractivity contribution is -0.0586. The van der Waals surface area contributed by atoms with Crippen LogP contribution in [0.25, 0.3) is 0 Å². The van der Waals surface area contributed by atoms with Crippen molar-refractivity contribution in [2.45, 2.75) is 39.4 Å². The van der Waals surface area contributed by atoms with Crippen LogP contribution in [0.1, 0.15) is 37.6 Å². The number of carbonyl (C=O) groups excluding carboxylic acids is 1. The first-order valence-corrected chi connectivity index (χ1v) is 8.70. The van der Waals surface area contributed by atoms with Crippen molar-refractivity contribution < 1.29 is 19.0 Å². The molecule has 1 amide bonds. The summed E-state index contributed by atoms with van der Waals surface area (Å²) in [4.78, 5) is 14.6. The molecule has 0 radical (unpaired) electrons. The Morgan fingerprint density at radius 1 is 1.35 bits per heavy atom. The zero-order valence-corrected chi connectivity index (χ0v) is 15.7. The second kappa shape index (κ2) is 8.02. The number of hydrogen-bond donors (Lipinski definition) is 0. The normalized spacial score (nSPS) is 21.2. The molecule has 1 heterocycles. The van der Waals surface area contributed by atoms with E-state index < -0.39 is 0 Å². The molecule has 1 fully saturated rings. The Morgan fingerprint density at radius 2 is 2.00 bits per heavy atom. The third kappa shape index (κ3) is 4.38. The van der Waals surface area contributed by atoms with Gasteiger partial charge in [-0.1, -0.05) is 6.92 Å². The Balaban J connectivity index is 2.25. The number of ether oxygens (including phenoxy) is 3. The van der Waals surface area contributed by atoms with Crippen LogP contribution >= 0.6 is 15.9 Å². The van der Waals surface area contributed by atoms with Gasteiger partial charge in [0.15, 0.2) is 11.5 Å². The van der Waals surface area contributed by atoms with Crippen LogP contribution in [-0.4, -0.2) is 49.8 Å². The van der Waals surface area contributed by atoms with E-state index in [0.717, 1.165) is 10.9 Å². The smallest absolute Gasteiger partial charge is 0.254 e. The molecule has 0 aliphatic carbocycles. The maximum atomic E-state index is 12.8. The Bertz CT molecular complexity index is 554. The Hall–Kier alpha value is -1.27. The van der Waals surface area contributed by atoms with Crippen LogP contribution < -0.4 is 9.47 Å². The summed E-state index contributed by atoms with van der Waals surface area (Å²) < 4.78 is 17.5. The molecule has 1 aliphatic rings. The van der Waals surface area contributed by atoms with Gasteiger partial charge in [-0.2, -0.15) is 0 Å². The van der Waals surface area contributed by atoms with Crippen LogP contribution in [-0.2, 0) is 4.74 Å². The molecule has 0 spiro atoms. The first kappa shape index (κ1) is 18.1. The molecule has 0 N–H and O–H groups in total. The number of halogens is 1. The summed E-state index contributed by atoms with van der Waals surface area (Å²) in [5.74, 6) is 1.17. The van der Waals surface area contributed by atoms with E-state index in [-0.39, 0.29) is 18.1 Å². The minimum Gasteiger partial charge on any atom is -0.493 e. The van der Waals surface area contributed by atoms with Crippen molar-refractivity contribution in [1.82, 2.24) is 4.90 Å². The Kier molecular flexibility index (Phi) is 6.30. The maximum absolute atomic E-state index is 12.8. The van der Waals surface area contributed by atoms with Crippen LogP contribution in [0, 0.1) is 0 Å². The molecule has 1 saturated heterocycles. The summed E-state index contributed by atoms with van der Waals surface area (Å²) in [6.45, 7) is 7.79. The Morgan fingerprint density at radius 3 is 2.57 bits per heavy atom. The summed E-state index contributed by atoms with van der Waals surface area (Å²) in [5, 5.41) is 0. The molecular weight excluding hydrogens is 362 g/mol. The average molecular weight is 386 g/mol. The lowest BCUT2D eigenvalue weighted by Crippen LogP contribution is -2.48. The highest BCUT2D eigenvalue weighted by Gasteiger charge is 2.27. The number of benzene rings is 1. The topological polar surface area (TPSA) is 48.0 Å². The van der Waals surface area contributed by atoms with E-state index in [9.17, 15) is 4.79 Å². The maximum Gasteiger partial charge on any atom is 0.254 e. The van der Waals surface area contributed by atoms with Gasteiger partial charge in [-0.05, 0) is 48.3 Å². The molecular formula is C17H24BrNO4. The summed E-state index contributed by atoms with van der Waals surface area (Å²) in [6.07, 6.45) is 0.986. The number of morpholine rings is 1. The lowest BCUT2D eigenvalue weighted by atomic mass is 10.1. The van der Waals surface area contributed by atoms with Gasteiger partial charge >= 0.3 is 0 Å². The second-order valence-corrected chi connectivity index (χ2v) is 6.66. The molecule has 0 aromatic heterocycles. The largest absolute Gasteiger partial charge is 0.493 e. The zero-order chi connectivity index (χ0) is 17.0. The SMILES string of the molecule is CCCOc1c(Br)cc(C(=O)N2CC(C)OC(C)C2)cc1OC. The summed E-state index contributed by atoms with van der Waals surface area (Å²) >= 11 is 3.48. The van der Waals surface area contributed by atoms with Crippen molar-refractivity contribution in [2.24, 2.45) is 0 Å². The molecule has 0 saturated carbocycles. The van der Waals surface area contributed by atoms with Gasteiger partial charge in [0, 0.05) is 18.7 Å². The fraction of sp³-hybridized carbons (Fsp3) is 0.588. The number of nitrogens with zero attached hydrogens (tertiary/aromatic N) is 1. The molecule has 2 atom stereocenters. The molecule has 1 aliphatic heterocycles. The number of methoxy groups -OCH3 is 1. The molecule has 2 rings (SSSR count). The van der Waals surface area contributed by atoms with Crippen molar-refractivity contribution in [3.05, 3.63) is 22.2 Å². The number of carbonyl (C=O) groups is 1. The van der Waals surface area contributed by atoms with Crippen molar-refractivity contribution in [1.29, 1.82) is 0 Å². The fourth-order valence-corrected chi connectivity index (χ4v) is 3.27. The molecule has 23 heavy (non-hydrogen) atoms. The lowest BCUT2D eigenvalue weighted by Gasteiger charge is -2.35. The van der Waals surface area contributed by atoms with Crippen molar-refractivity contribution in [2.75, 3.05) is 26.8 Å². The fourth-order valence-electron chi connectivity index (χ4n) is 2.71. The third-order valence-electron chi connectivity index (χ3n) is 3.63. The van der Waals surface area contributed by atoms with Crippen molar-refractivity contribution >= 4 is 21.8 Å². The molecule has 0 bridgehead atoms. The molecule has 2 unspecified atom stereocenters. The van der Waals surface area contributed by atoms with Gasteiger partial charge in [0.25, 0.3) is 5.91 Å². The summed E-state index contributed by atoms with van der Waals surface area (Å²) in [7, 11) is 1.58. The van der Waals surface area contributed by atoms with Gasteiger partial charge < -0.3 is 19.1 Å². The molecule has 5 nitrogen and oxygen atoms in total. The van der Waals surface area contributed by atoms with Gasteiger partial charge in [0.2, 0.25) is 0 Å². The average Bonchev–Trinajstić information content (AvgIpc) is 2.51. The van der Waals surface area contributed by atoms with Gasteiger partial charge in [0.05, 0.1) is 30.4 Å². The third-order valence-corrected chi connectivity index (χ3v) is 4.22. The second-order valence-electron chi connectivity index (χ2n) is 5.81. The van der Waals surface area contributed by atoms with Crippen LogP contribution in [0.4, 0.5) is 0 Å². The van der Waals surface area contributed by atoms with E-state index >= 15 is 0 Å². The highest BCUT2D eigenvalue weighted by atomic mass is 79.9. The van der Waals surface area contributed by atoms with Crippen LogP contribution in [0.15, 0.2) is 16.6 Å². The monoisotopic (exact) mass is 385 g/mol. The van der Waals surface area contributed by atoms with Gasteiger partial charge in [-0.15, -0.1) is 0 Å². The Labute approximate surface area is 146 Å². The first-order valence-electron chi connectivity index (χ1n) is 7.91. The van der Waals surface area contributed by atoms with Crippen LogP contribution in [0.2, 0.25) is 0 Å². The summed E-state index contributed by atoms with van der Waals surface area (Å²) in [5.41, 5.74) is 0.582. The van der Waals surface area contributed by atoms with Gasteiger partial charge in [-0.3, -0.25) is 4.79 Å². The molecule has 1 aromatic carbocycles. The minimum absolute atomic E-state index is 0.0203. The number of amides is 1. The highest BCUT2D eigenvalue weighted by Crippen LogP contribution is 2.37. The van der Waals surface area contributed by atoms with E-state index in [4.69, 9.17) is 14.2 Å². The predicted molar refractivity (Wildman–Crippen MR) is 92.4 cm³/mol. The van der Waals surface area contributed by atoms with E-state index in [1.54, 1.807) is 19.2 Å². The molecule has 1 aromatic rings.